The second-order valence-corrected chi connectivity index (χ2v) is 7.99. The van der Waals surface area contributed by atoms with E-state index in [2.05, 4.69) is 40.2 Å². The summed E-state index contributed by atoms with van der Waals surface area (Å²) < 4.78 is 41.7. The van der Waals surface area contributed by atoms with Gasteiger partial charge in [0.05, 0.1) is 17.0 Å². The second-order valence-electron chi connectivity index (χ2n) is 6.23. The number of nitrogens with one attached hydrogen (secondary N) is 2. The van der Waals surface area contributed by atoms with Crippen molar-refractivity contribution in [2.24, 2.45) is 0 Å². The molecule has 1 fully saturated rings. The van der Waals surface area contributed by atoms with E-state index < -0.39 is 15.8 Å². The van der Waals surface area contributed by atoms with Crippen LogP contribution in [-0.2, 0) is 16.6 Å². The van der Waals surface area contributed by atoms with Gasteiger partial charge in [0, 0.05) is 19.3 Å². The molecular formula is C16H17FN8O2S. The molecule has 3 aromatic rings. The first kappa shape index (κ1) is 18.4. The molecule has 146 valence electrons. The van der Waals surface area contributed by atoms with E-state index in [0.29, 0.717) is 5.82 Å². The average molecular weight is 404 g/mol. The summed E-state index contributed by atoms with van der Waals surface area (Å²) in [6.45, 7) is 1.77. The van der Waals surface area contributed by atoms with E-state index in [0.717, 1.165) is 43.9 Å². The molecule has 0 spiro atoms. The van der Waals surface area contributed by atoms with Crippen molar-refractivity contribution in [3.8, 4) is 11.4 Å². The number of aromatic nitrogens is 6. The normalized spacial score (nSPS) is 14.5. The third-order valence-electron chi connectivity index (χ3n) is 4.38. The van der Waals surface area contributed by atoms with Gasteiger partial charge in [0.2, 0.25) is 15.8 Å². The zero-order chi connectivity index (χ0) is 19.6. The third-order valence-corrected chi connectivity index (χ3v) is 5.77. The van der Waals surface area contributed by atoms with Crippen LogP contribution in [0.2, 0.25) is 0 Å². The highest BCUT2D eigenvalue weighted by Crippen LogP contribution is 2.22. The fourth-order valence-corrected chi connectivity index (χ4v) is 3.96. The lowest BCUT2D eigenvalue weighted by molar-refractivity contribution is 0.578. The third kappa shape index (κ3) is 3.82. The first-order valence-electron chi connectivity index (χ1n) is 8.63. The van der Waals surface area contributed by atoms with Crippen LogP contribution in [-0.4, -0.2) is 52.1 Å². The van der Waals surface area contributed by atoms with Gasteiger partial charge in [0.15, 0.2) is 0 Å². The van der Waals surface area contributed by atoms with Gasteiger partial charge in [0.1, 0.15) is 17.5 Å². The molecule has 1 aliphatic heterocycles. The number of hydrogen-bond acceptors (Lipinski definition) is 8. The smallest absolute Gasteiger partial charge is 0.241 e. The van der Waals surface area contributed by atoms with Gasteiger partial charge in [-0.15, -0.1) is 10.2 Å². The molecule has 3 heterocycles. The Balaban J connectivity index is 1.52. The fourth-order valence-electron chi connectivity index (χ4n) is 2.96. The molecule has 1 aliphatic rings. The van der Waals surface area contributed by atoms with E-state index in [1.54, 1.807) is 12.3 Å². The molecule has 28 heavy (non-hydrogen) atoms. The van der Waals surface area contributed by atoms with Crippen LogP contribution in [0.5, 0.6) is 0 Å². The number of tetrazole rings is 1. The van der Waals surface area contributed by atoms with Crippen molar-refractivity contribution >= 4 is 15.8 Å². The minimum Gasteiger partial charge on any atom is -0.357 e. The van der Waals surface area contributed by atoms with Gasteiger partial charge < -0.3 is 4.90 Å². The summed E-state index contributed by atoms with van der Waals surface area (Å²) in [4.78, 5) is 10.6. The maximum Gasteiger partial charge on any atom is 0.241 e. The van der Waals surface area contributed by atoms with Crippen LogP contribution >= 0.6 is 0 Å². The standard InChI is InChI=1S/C16H17FN8O2S/c17-13-4-3-11(9-12(13)16-21-23-24-22-16)28(26,27)19-10-14-18-6-5-15(20-14)25-7-1-2-8-25/h3-6,9,19H,1-2,7-8,10H2,(H,21,22,23,24). The molecule has 0 aliphatic carbocycles. The topological polar surface area (TPSA) is 130 Å². The van der Waals surface area contributed by atoms with Crippen LogP contribution in [0, 0.1) is 5.82 Å². The number of H-pyrrole nitrogens is 1. The van der Waals surface area contributed by atoms with E-state index in [-0.39, 0.29) is 22.8 Å². The average Bonchev–Trinajstić information content (AvgIpc) is 3.41. The molecule has 0 amide bonds. The van der Waals surface area contributed by atoms with Crippen molar-refractivity contribution in [3.05, 3.63) is 42.1 Å². The number of benzene rings is 1. The molecule has 1 aromatic carbocycles. The number of aromatic amines is 1. The second kappa shape index (κ2) is 7.56. The van der Waals surface area contributed by atoms with Crippen LogP contribution in [0.3, 0.4) is 0 Å². The quantitative estimate of drug-likeness (QED) is 0.619. The lowest BCUT2D eigenvalue weighted by Crippen LogP contribution is -2.25. The van der Waals surface area contributed by atoms with E-state index >= 15 is 0 Å². The van der Waals surface area contributed by atoms with Gasteiger partial charge >= 0.3 is 0 Å². The largest absolute Gasteiger partial charge is 0.357 e. The minimum atomic E-state index is -3.92. The Morgan fingerprint density at radius 1 is 1.21 bits per heavy atom. The first-order valence-corrected chi connectivity index (χ1v) is 10.1. The molecule has 0 bridgehead atoms. The van der Waals surface area contributed by atoms with E-state index in [1.165, 1.54) is 6.07 Å². The predicted octanol–water partition coefficient (Wildman–Crippen LogP) is 0.874. The first-order chi connectivity index (χ1) is 13.5. The van der Waals surface area contributed by atoms with E-state index in [4.69, 9.17) is 0 Å². The number of anilines is 1. The van der Waals surface area contributed by atoms with Crippen molar-refractivity contribution in [2.45, 2.75) is 24.3 Å². The SMILES string of the molecule is O=S(=O)(NCc1nccc(N2CCCC2)n1)c1ccc(F)c(-c2nn[nH]n2)c1. The summed E-state index contributed by atoms with van der Waals surface area (Å²) in [5.74, 6) is 0.453. The van der Waals surface area contributed by atoms with Crippen LogP contribution in [0.4, 0.5) is 10.2 Å². The molecule has 1 saturated heterocycles. The highest BCUT2D eigenvalue weighted by atomic mass is 32.2. The van der Waals surface area contributed by atoms with Crippen LogP contribution in [0.1, 0.15) is 18.7 Å². The number of nitrogens with zero attached hydrogens (tertiary/aromatic N) is 6. The Kier molecular flexibility index (Phi) is 4.96. The zero-order valence-electron chi connectivity index (χ0n) is 14.7. The number of rotatable bonds is 6. The van der Waals surface area contributed by atoms with E-state index in [9.17, 15) is 12.8 Å². The molecule has 0 saturated carbocycles. The highest BCUT2D eigenvalue weighted by Gasteiger charge is 2.20. The summed E-state index contributed by atoms with van der Waals surface area (Å²) in [5.41, 5.74) is -0.0658. The van der Waals surface area contributed by atoms with Crippen LogP contribution < -0.4 is 9.62 Å². The minimum absolute atomic E-state index is 0.0313. The summed E-state index contributed by atoms with van der Waals surface area (Å²) in [5, 5.41) is 12.9. The van der Waals surface area contributed by atoms with Gasteiger partial charge in [0.25, 0.3) is 0 Å². The summed E-state index contributed by atoms with van der Waals surface area (Å²) in [6, 6.07) is 5.18. The molecule has 0 unspecified atom stereocenters. The summed E-state index contributed by atoms with van der Waals surface area (Å²) in [7, 11) is -3.92. The maximum absolute atomic E-state index is 14.0. The van der Waals surface area contributed by atoms with Crippen molar-refractivity contribution in [2.75, 3.05) is 18.0 Å². The molecule has 4 rings (SSSR count). The number of halogens is 1. The lowest BCUT2D eigenvalue weighted by Gasteiger charge is -2.16. The predicted molar refractivity (Wildman–Crippen MR) is 97.1 cm³/mol. The Morgan fingerprint density at radius 2 is 2.04 bits per heavy atom. The van der Waals surface area contributed by atoms with E-state index in [1.807, 2.05) is 0 Å². The molecule has 12 heteroatoms. The fraction of sp³-hybridized carbons (Fsp3) is 0.312. The molecule has 2 aromatic heterocycles. The van der Waals surface area contributed by atoms with Crippen molar-refractivity contribution < 1.29 is 12.8 Å². The molecule has 10 nitrogen and oxygen atoms in total. The Hall–Kier alpha value is -2.99. The van der Waals surface area contributed by atoms with Crippen molar-refractivity contribution in [1.29, 1.82) is 0 Å². The molecule has 0 radical (unpaired) electrons. The maximum atomic E-state index is 14.0. The molecular weight excluding hydrogens is 387 g/mol. The zero-order valence-corrected chi connectivity index (χ0v) is 15.5. The van der Waals surface area contributed by atoms with Gasteiger partial charge in [-0.25, -0.2) is 27.5 Å². The van der Waals surface area contributed by atoms with Crippen molar-refractivity contribution in [1.82, 2.24) is 35.3 Å². The van der Waals surface area contributed by atoms with Gasteiger partial charge in [-0.2, -0.15) is 5.21 Å². The Labute approximate surface area is 160 Å². The number of hydrogen-bond donors (Lipinski definition) is 2. The highest BCUT2D eigenvalue weighted by molar-refractivity contribution is 7.89. The van der Waals surface area contributed by atoms with Gasteiger partial charge in [-0.05, 0) is 42.3 Å². The Bertz CT molecular complexity index is 1070. The van der Waals surface area contributed by atoms with Crippen LogP contribution in [0.15, 0.2) is 35.4 Å². The van der Waals surface area contributed by atoms with Crippen LogP contribution in [0.25, 0.3) is 11.4 Å². The summed E-state index contributed by atoms with van der Waals surface area (Å²) >= 11 is 0. The molecule has 2 N–H and O–H groups in total. The van der Waals surface area contributed by atoms with Gasteiger partial charge in [-0.1, -0.05) is 0 Å². The van der Waals surface area contributed by atoms with Crippen molar-refractivity contribution in [3.63, 3.8) is 0 Å². The van der Waals surface area contributed by atoms with Gasteiger partial charge in [-0.3, -0.25) is 0 Å². The number of sulfonamides is 1. The summed E-state index contributed by atoms with van der Waals surface area (Å²) in [6.07, 6.45) is 3.83. The lowest BCUT2D eigenvalue weighted by atomic mass is 10.2. The Morgan fingerprint density at radius 3 is 2.79 bits per heavy atom. The molecule has 0 atom stereocenters. The monoisotopic (exact) mass is 404 g/mol.